The van der Waals surface area contributed by atoms with Crippen LogP contribution in [-0.2, 0) is 9.47 Å². The normalized spacial score (nSPS) is 28.7. The zero-order valence-electron chi connectivity index (χ0n) is 12.9. The predicted octanol–water partition coefficient (Wildman–Crippen LogP) is 2.99. The minimum Gasteiger partial charge on any atom is -0.381 e. The van der Waals surface area contributed by atoms with Crippen LogP contribution in [0.4, 0.5) is 0 Å². The third kappa shape index (κ3) is 3.50. The molecule has 112 valence electrons. The topological polar surface area (TPSA) is 30.5 Å². The zero-order valence-corrected chi connectivity index (χ0v) is 12.9. The molecule has 0 saturated carbocycles. The first-order chi connectivity index (χ1) is 9.24. The van der Waals surface area contributed by atoms with Crippen molar-refractivity contribution < 1.29 is 9.47 Å². The van der Waals surface area contributed by atoms with E-state index in [4.69, 9.17) is 9.47 Å². The van der Waals surface area contributed by atoms with Gasteiger partial charge in [-0.05, 0) is 44.6 Å². The fraction of sp³-hybridized carbons (Fsp3) is 1.00. The molecule has 2 aliphatic heterocycles. The van der Waals surface area contributed by atoms with Crippen LogP contribution in [-0.4, -0.2) is 38.5 Å². The first-order valence-electron chi connectivity index (χ1n) is 8.13. The molecule has 0 aromatic rings. The maximum absolute atomic E-state index is 6.17. The maximum atomic E-state index is 6.17. The standard InChI is InChI=1S/C16H31NO2/c1-4-13(5-2)15(17-3)14-6-9-19-16(12-14)7-10-18-11-8-16/h13-15,17H,4-12H2,1-3H3. The molecule has 0 aromatic heterocycles. The Bertz CT molecular complexity index is 254. The Morgan fingerprint density at radius 1 is 1.16 bits per heavy atom. The van der Waals surface area contributed by atoms with Gasteiger partial charge < -0.3 is 14.8 Å². The van der Waals surface area contributed by atoms with Crippen LogP contribution in [0, 0.1) is 11.8 Å². The van der Waals surface area contributed by atoms with Gasteiger partial charge in [-0.3, -0.25) is 0 Å². The Kier molecular flexibility index (Phi) is 5.67. The lowest BCUT2D eigenvalue weighted by atomic mass is 9.73. The van der Waals surface area contributed by atoms with Gasteiger partial charge in [-0.2, -0.15) is 0 Å². The molecule has 3 heteroatoms. The zero-order chi connectivity index (χ0) is 13.7. The SMILES string of the molecule is CCC(CC)C(NC)C1CCOC2(CCOCC2)C1. The largest absolute Gasteiger partial charge is 0.381 e. The lowest BCUT2D eigenvalue weighted by Crippen LogP contribution is -2.50. The van der Waals surface area contributed by atoms with Crippen LogP contribution in [0.25, 0.3) is 0 Å². The summed E-state index contributed by atoms with van der Waals surface area (Å²) in [5, 5.41) is 3.61. The van der Waals surface area contributed by atoms with Gasteiger partial charge in [0.05, 0.1) is 5.60 Å². The van der Waals surface area contributed by atoms with Crippen molar-refractivity contribution in [3.05, 3.63) is 0 Å². The summed E-state index contributed by atoms with van der Waals surface area (Å²) in [7, 11) is 2.13. The van der Waals surface area contributed by atoms with E-state index < -0.39 is 0 Å². The van der Waals surface area contributed by atoms with Gasteiger partial charge in [0.2, 0.25) is 0 Å². The van der Waals surface area contributed by atoms with Crippen molar-refractivity contribution in [3.8, 4) is 0 Å². The molecule has 0 bridgehead atoms. The maximum Gasteiger partial charge on any atom is 0.0729 e. The van der Waals surface area contributed by atoms with Crippen molar-refractivity contribution in [2.24, 2.45) is 11.8 Å². The second-order valence-electron chi connectivity index (χ2n) is 6.29. The first-order valence-corrected chi connectivity index (χ1v) is 8.13. The molecule has 19 heavy (non-hydrogen) atoms. The Labute approximate surface area is 118 Å². The number of ether oxygens (including phenoxy) is 2. The van der Waals surface area contributed by atoms with E-state index in [9.17, 15) is 0 Å². The molecule has 0 aromatic carbocycles. The molecule has 1 spiro atoms. The van der Waals surface area contributed by atoms with Crippen LogP contribution < -0.4 is 5.32 Å². The van der Waals surface area contributed by atoms with E-state index in [-0.39, 0.29) is 5.60 Å². The molecule has 3 nitrogen and oxygen atoms in total. The van der Waals surface area contributed by atoms with Crippen molar-refractivity contribution in [3.63, 3.8) is 0 Å². The highest BCUT2D eigenvalue weighted by molar-refractivity contribution is 4.93. The third-order valence-corrected chi connectivity index (χ3v) is 5.33. The van der Waals surface area contributed by atoms with Crippen molar-refractivity contribution in [1.82, 2.24) is 5.32 Å². The molecule has 0 amide bonds. The quantitative estimate of drug-likeness (QED) is 0.832. The van der Waals surface area contributed by atoms with E-state index in [2.05, 4.69) is 26.2 Å². The van der Waals surface area contributed by atoms with Crippen LogP contribution in [0.1, 0.15) is 52.4 Å². The van der Waals surface area contributed by atoms with E-state index in [1.165, 1.54) is 25.7 Å². The van der Waals surface area contributed by atoms with Gasteiger partial charge >= 0.3 is 0 Å². The number of rotatable bonds is 5. The van der Waals surface area contributed by atoms with Crippen LogP contribution in [0.2, 0.25) is 0 Å². The molecule has 0 radical (unpaired) electrons. The highest BCUT2D eigenvalue weighted by Gasteiger charge is 2.41. The fourth-order valence-corrected chi connectivity index (χ4v) is 4.12. The molecule has 2 heterocycles. The average Bonchev–Trinajstić information content (AvgIpc) is 2.45. The summed E-state index contributed by atoms with van der Waals surface area (Å²) >= 11 is 0. The van der Waals surface area contributed by atoms with Crippen molar-refractivity contribution in [1.29, 1.82) is 0 Å². The van der Waals surface area contributed by atoms with E-state index >= 15 is 0 Å². The van der Waals surface area contributed by atoms with Gasteiger partial charge in [-0.1, -0.05) is 26.7 Å². The monoisotopic (exact) mass is 269 g/mol. The Morgan fingerprint density at radius 2 is 1.84 bits per heavy atom. The van der Waals surface area contributed by atoms with Crippen LogP contribution in [0.5, 0.6) is 0 Å². The summed E-state index contributed by atoms with van der Waals surface area (Å²) < 4.78 is 11.7. The summed E-state index contributed by atoms with van der Waals surface area (Å²) in [6.45, 7) is 7.33. The van der Waals surface area contributed by atoms with Gasteiger partial charge in [0.1, 0.15) is 0 Å². The van der Waals surface area contributed by atoms with Crippen LogP contribution in [0.3, 0.4) is 0 Å². The highest BCUT2D eigenvalue weighted by Crippen LogP contribution is 2.40. The second-order valence-corrected chi connectivity index (χ2v) is 6.29. The average molecular weight is 269 g/mol. The molecule has 2 unspecified atom stereocenters. The minimum atomic E-state index is 0.127. The van der Waals surface area contributed by atoms with Gasteiger partial charge in [0, 0.05) is 25.9 Å². The number of hydrogen-bond acceptors (Lipinski definition) is 3. The lowest BCUT2D eigenvalue weighted by Gasteiger charge is -2.46. The van der Waals surface area contributed by atoms with Crippen molar-refractivity contribution >= 4 is 0 Å². The van der Waals surface area contributed by atoms with Gasteiger partial charge in [-0.25, -0.2) is 0 Å². The Balaban J connectivity index is 2.02. The summed E-state index contributed by atoms with van der Waals surface area (Å²) in [6, 6.07) is 0.651. The minimum absolute atomic E-state index is 0.127. The predicted molar refractivity (Wildman–Crippen MR) is 78.4 cm³/mol. The molecular weight excluding hydrogens is 238 g/mol. The van der Waals surface area contributed by atoms with E-state index in [0.717, 1.165) is 44.5 Å². The van der Waals surface area contributed by atoms with Crippen LogP contribution in [0.15, 0.2) is 0 Å². The molecule has 2 rings (SSSR count). The fourth-order valence-electron chi connectivity index (χ4n) is 4.12. The summed E-state index contributed by atoms with van der Waals surface area (Å²) in [5.41, 5.74) is 0.127. The smallest absolute Gasteiger partial charge is 0.0729 e. The molecule has 2 aliphatic rings. The highest BCUT2D eigenvalue weighted by atomic mass is 16.5. The van der Waals surface area contributed by atoms with Crippen LogP contribution >= 0.6 is 0 Å². The molecule has 0 aliphatic carbocycles. The van der Waals surface area contributed by atoms with Crippen molar-refractivity contribution in [2.75, 3.05) is 26.9 Å². The second kappa shape index (κ2) is 7.05. The third-order valence-electron chi connectivity index (χ3n) is 5.33. The summed E-state index contributed by atoms with van der Waals surface area (Å²) in [4.78, 5) is 0. The Hall–Kier alpha value is -0.120. The van der Waals surface area contributed by atoms with Gasteiger partial charge in [0.25, 0.3) is 0 Å². The van der Waals surface area contributed by atoms with E-state index in [1.807, 2.05) is 0 Å². The lowest BCUT2D eigenvalue weighted by molar-refractivity contribution is -0.151. The van der Waals surface area contributed by atoms with Gasteiger partial charge in [-0.15, -0.1) is 0 Å². The molecular formula is C16H31NO2. The summed E-state index contributed by atoms with van der Waals surface area (Å²) in [5.74, 6) is 1.56. The number of hydrogen-bond donors (Lipinski definition) is 1. The van der Waals surface area contributed by atoms with E-state index in [0.29, 0.717) is 6.04 Å². The molecule has 2 saturated heterocycles. The van der Waals surface area contributed by atoms with Gasteiger partial charge in [0.15, 0.2) is 0 Å². The first kappa shape index (κ1) is 15.3. The molecule has 2 atom stereocenters. The molecule has 1 N–H and O–H groups in total. The Morgan fingerprint density at radius 3 is 2.42 bits per heavy atom. The molecule has 2 fully saturated rings. The summed E-state index contributed by atoms with van der Waals surface area (Å²) in [6.07, 6.45) is 7.15. The van der Waals surface area contributed by atoms with Crippen molar-refractivity contribution in [2.45, 2.75) is 64.0 Å². The number of nitrogens with one attached hydrogen (secondary N) is 1. The van der Waals surface area contributed by atoms with E-state index in [1.54, 1.807) is 0 Å².